The van der Waals surface area contributed by atoms with E-state index in [0.717, 1.165) is 31.5 Å². The van der Waals surface area contributed by atoms with E-state index < -0.39 is 0 Å². The van der Waals surface area contributed by atoms with Crippen LogP contribution in [0.4, 0.5) is 0 Å². The van der Waals surface area contributed by atoms with Gasteiger partial charge in [-0.2, -0.15) is 0 Å². The second kappa shape index (κ2) is 5.03. The van der Waals surface area contributed by atoms with Crippen molar-refractivity contribution in [3.05, 3.63) is 0 Å². The number of nitrogens with one attached hydrogen (secondary N) is 1. The van der Waals surface area contributed by atoms with Crippen molar-refractivity contribution in [2.24, 2.45) is 11.8 Å². The molecule has 1 N–H and O–H groups in total. The van der Waals surface area contributed by atoms with Crippen molar-refractivity contribution in [1.29, 1.82) is 0 Å². The molecule has 2 aliphatic heterocycles. The highest BCUT2D eigenvalue weighted by molar-refractivity contribution is 4.88. The van der Waals surface area contributed by atoms with Gasteiger partial charge in [0.15, 0.2) is 0 Å². The van der Waals surface area contributed by atoms with Crippen molar-refractivity contribution in [1.82, 2.24) is 10.2 Å². The Morgan fingerprint density at radius 3 is 2.69 bits per heavy atom. The number of hydrogen-bond acceptors (Lipinski definition) is 3. The van der Waals surface area contributed by atoms with Gasteiger partial charge in [-0.3, -0.25) is 0 Å². The number of likely N-dealkylation sites (tertiary alicyclic amines) is 1. The Morgan fingerprint density at radius 2 is 2.00 bits per heavy atom. The minimum absolute atomic E-state index is 0.467. The van der Waals surface area contributed by atoms with Gasteiger partial charge in [0, 0.05) is 32.7 Å². The molecule has 1 saturated carbocycles. The maximum atomic E-state index is 5.74. The van der Waals surface area contributed by atoms with Crippen molar-refractivity contribution in [2.45, 2.75) is 31.8 Å². The summed E-state index contributed by atoms with van der Waals surface area (Å²) in [6.45, 7) is 6.97. The highest BCUT2D eigenvalue weighted by Gasteiger charge is 2.35. The summed E-state index contributed by atoms with van der Waals surface area (Å²) >= 11 is 0. The van der Waals surface area contributed by atoms with Gasteiger partial charge in [0.1, 0.15) is 0 Å². The summed E-state index contributed by atoms with van der Waals surface area (Å²) in [7, 11) is 0. The van der Waals surface area contributed by atoms with E-state index in [1.54, 1.807) is 0 Å². The molecule has 2 saturated heterocycles. The van der Waals surface area contributed by atoms with Crippen LogP contribution in [0.3, 0.4) is 0 Å². The van der Waals surface area contributed by atoms with Gasteiger partial charge in [-0.1, -0.05) is 6.42 Å². The molecular formula is C13H24N2O. The smallest absolute Gasteiger partial charge is 0.0712 e. The van der Waals surface area contributed by atoms with Gasteiger partial charge < -0.3 is 15.0 Å². The average molecular weight is 224 g/mol. The third-order valence-electron chi connectivity index (χ3n) is 4.57. The Morgan fingerprint density at radius 1 is 1.19 bits per heavy atom. The first-order valence-corrected chi connectivity index (χ1v) is 6.96. The second-order valence-electron chi connectivity index (χ2n) is 5.70. The zero-order valence-corrected chi connectivity index (χ0v) is 10.2. The molecule has 3 fully saturated rings. The molecule has 3 unspecified atom stereocenters. The lowest BCUT2D eigenvalue weighted by Gasteiger charge is -2.26. The minimum atomic E-state index is 0.467. The fraction of sp³-hybridized carbons (Fsp3) is 1.00. The zero-order valence-electron chi connectivity index (χ0n) is 10.2. The van der Waals surface area contributed by atoms with Crippen LogP contribution < -0.4 is 5.32 Å². The predicted molar refractivity (Wildman–Crippen MR) is 64.5 cm³/mol. The maximum absolute atomic E-state index is 5.74. The first-order chi connectivity index (χ1) is 7.92. The van der Waals surface area contributed by atoms with E-state index in [2.05, 4.69) is 10.2 Å². The molecule has 1 aliphatic carbocycles. The third-order valence-corrected chi connectivity index (χ3v) is 4.57. The minimum Gasteiger partial charge on any atom is -0.376 e. The van der Waals surface area contributed by atoms with E-state index in [-0.39, 0.29) is 0 Å². The number of ether oxygens (including phenoxy) is 1. The van der Waals surface area contributed by atoms with Crippen LogP contribution in [0.25, 0.3) is 0 Å². The predicted octanol–water partition coefficient (Wildman–Crippen LogP) is 1.10. The monoisotopic (exact) mass is 224 g/mol. The summed E-state index contributed by atoms with van der Waals surface area (Å²) in [5, 5.41) is 3.41. The molecule has 0 radical (unpaired) electrons. The van der Waals surface area contributed by atoms with Gasteiger partial charge in [-0.15, -0.1) is 0 Å². The Balaban J connectivity index is 1.39. The van der Waals surface area contributed by atoms with Gasteiger partial charge >= 0.3 is 0 Å². The van der Waals surface area contributed by atoms with Crippen LogP contribution in [0.5, 0.6) is 0 Å². The molecule has 0 aromatic rings. The summed E-state index contributed by atoms with van der Waals surface area (Å²) < 4.78 is 5.74. The van der Waals surface area contributed by atoms with E-state index in [4.69, 9.17) is 4.74 Å². The van der Waals surface area contributed by atoms with Crippen LogP contribution in [-0.2, 0) is 4.74 Å². The Kier molecular flexibility index (Phi) is 3.46. The largest absolute Gasteiger partial charge is 0.376 e. The Bertz CT molecular complexity index is 216. The molecule has 3 nitrogen and oxygen atoms in total. The van der Waals surface area contributed by atoms with Crippen molar-refractivity contribution in [2.75, 3.05) is 39.3 Å². The van der Waals surface area contributed by atoms with Gasteiger partial charge in [0.25, 0.3) is 0 Å². The van der Waals surface area contributed by atoms with Crippen LogP contribution >= 0.6 is 0 Å². The first kappa shape index (κ1) is 11.0. The molecule has 0 spiro atoms. The van der Waals surface area contributed by atoms with Gasteiger partial charge in [0.05, 0.1) is 12.7 Å². The summed E-state index contributed by atoms with van der Waals surface area (Å²) in [5.41, 5.74) is 0. The van der Waals surface area contributed by atoms with E-state index >= 15 is 0 Å². The summed E-state index contributed by atoms with van der Waals surface area (Å²) in [4.78, 5) is 2.67. The van der Waals surface area contributed by atoms with Crippen LogP contribution in [0, 0.1) is 11.8 Å². The molecule has 16 heavy (non-hydrogen) atoms. The maximum Gasteiger partial charge on any atom is 0.0712 e. The Labute approximate surface area is 98.5 Å². The topological polar surface area (TPSA) is 24.5 Å². The highest BCUT2D eigenvalue weighted by atomic mass is 16.5. The molecule has 92 valence electrons. The Hall–Kier alpha value is -0.120. The van der Waals surface area contributed by atoms with Crippen LogP contribution in [-0.4, -0.2) is 50.3 Å². The van der Waals surface area contributed by atoms with Crippen molar-refractivity contribution in [3.8, 4) is 0 Å². The van der Waals surface area contributed by atoms with Crippen LogP contribution in [0.1, 0.15) is 25.7 Å². The summed E-state index contributed by atoms with van der Waals surface area (Å²) in [6, 6.07) is 0. The van der Waals surface area contributed by atoms with Gasteiger partial charge in [-0.25, -0.2) is 0 Å². The van der Waals surface area contributed by atoms with Crippen LogP contribution in [0.15, 0.2) is 0 Å². The lowest BCUT2D eigenvalue weighted by Crippen LogP contribution is -2.40. The van der Waals surface area contributed by atoms with Gasteiger partial charge in [0.2, 0.25) is 0 Å². The van der Waals surface area contributed by atoms with E-state index in [9.17, 15) is 0 Å². The zero-order chi connectivity index (χ0) is 10.8. The molecule has 3 heteroatoms. The number of fused-ring (bicyclic) bond motifs is 1. The summed E-state index contributed by atoms with van der Waals surface area (Å²) in [6.07, 6.45) is 6.14. The number of nitrogens with zero attached hydrogens (tertiary/aromatic N) is 1. The number of rotatable bonds is 3. The molecule has 0 amide bonds. The molecule has 3 aliphatic rings. The molecule has 0 aromatic carbocycles. The normalized spacial score (nSPS) is 40.1. The SMILES string of the molecule is C1CC2CN(CCC3CNCCO3)CC2C1. The van der Waals surface area contributed by atoms with E-state index in [1.165, 1.54) is 45.3 Å². The lowest BCUT2D eigenvalue weighted by molar-refractivity contribution is 0.0182. The average Bonchev–Trinajstić information content (AvgIpc) is 2.88. The molecule has 0 aromatic heterocycles. The fourth-order valence-electron chi connectivity index (χ4n) is 3.65. The molecule has 3 atom stereocenters. The van der Waals surface area contributed by atoms with Crippen molar-refractivity contribution in [3.63, 3.8) is 0 Å². The fourth-order valence-corrected chi connectivity index (χ4v) is 3.65. The second-order valence-corrected chi connectivity index (χ2v) is 5.70. The van der Waals surface area contributed by atoms with E-state index in [1.807, 2.05) is 0 Å². The number of hydrogen-bond donors (Lipinski definition) is 1. The van der Waals surface area contributed by atoms with Crippen molar-refractivity contribution < 1.29 is 4.74 Å². The molecule has 3 rings (SSSR count). The third kappa shape index (κ3) is 2.41. The molecule has 2 heterocycles. The quantitative estimate of drug-likeness (QED) is 0.777. The van der Waals surface area contributed by atoms with Crippen LogP contribution in [0.2, 0.25) is 0 Å². The first-order valence-electron chi connectivity index (χ1n) is 6.96. The summed E-state index contributed by atoms with van der Waals surface area (Å²) in [5.74, 6) is 2.07. The van der Waals surface area contributed by atoms with Crippen molar-refractivity contribution >= 4 is 0 Å². The standard InChI is InChI=1S/C13H24N2O/c1-2-11-9-15(10-12(11)3-1)6-4-13-8-14-5-7-16-13/h11-14H,1-10H2. The highest BCUT2D eigenvalue weighted by Crippen LogP contribution is 2.37. The lowest BCUT2D eigenvalue weighted by atomic mass is 10.0. The number of morpholine rings is 1. The van der Waals surface area contributed by atoms with Gasteiger partial charge in [-0.05, 0) is 31.1 Å². The van der Waals surface area contributed by atoms with E-state index in [0.29, 0.717) is 6.10 Å². The molecular weight excluding hydrogens is 200 g/mol. The molecule has 0 bridgehead atoms.